The molecule has 1 unspecified atom stereocenters. The van der Waals surface area contributed by atoms with E-state index in [9.17, 15) is 18.5 Å². The molecule has 0 spiro atoms. The van der Waals surface area contributed by atoms with Crippen LogP contribution in [-0.2, 0) is 9.84 Å². The Kier molecular flexibility index (Phi) is 3.82. The molecule has 1 aromatic rings. The van der Waals surface area contributed by atoms with Crippen molar-refractivity contribution in [3.63, 3.8) is 0 Å². The van der Waals surface area contributed by atoms with Crippen LogP contribution in [0.5, 0.6) is 0 Å². The van der Waals surface area contributed by atoms with E-state index in [2.05, 4.69) is 15.9 Å². The molecule has 19 heavy (non-hydrogen) atoms. The van der Waals surface area contributed by atoms with Gasteiger partial charge < -0.3 is 4.90 Å². The van der Waals surface area contributed by atoms with Crippen molar-refractivity contribution in [1.29, 1.82) is 0 Å². The number of sulfone groups is 1. The fourth-order valence-corrected chi connectivity index (χ4v) is 3.94. The van der Waals surface area contributed by atoms with E-state index >= 15 is 0 Å². The summed E-state index contributed by atoms with van der Waals surface area (Å²) in [5, 5.41) is 10.2. The summed E-state index contributed by atoms with van der Waals surface area (Å²) < 4.78 is 23.9. The van der Waals surface area contributed by atoms with Crippen molar-refractivity contribution in [3.05, 3.63) is 32.8 Å². The number of rotatable bonds is 2. The molecule has 1 atom stereocenters. The number of nitro benzene ring substituents is 1. The van der Waals surface area contributed by atoms with Crippen LogP contribution in [0.3, 0.4) is 0 Å². The van der Waals surface area contributed by atoms with Crippen molar-refractivity contribution in [3.8, 4) is 0 Å². The summed E-state index contributed by atoms with van der Waals surface area (Å²) in [6, 6.07) is 4.50. The van der Waals surface area contributed by atoms with Crippen LogP contribution in [0.15, 0.2) is 22.7 Å². The predicted octanol–water partition coefficient (Wildman–Crippen LogP) is 1.98. The van der Waals surface area contributed by atoms with Gasteiger partial charge in [0.05, 0.1) is 21.6 Å². The number of anilines is 1. The Balaban J connectivity index is 2.27. The summed E-state index contributed by atoms with van der Waals surface area (Å²) in [5.41, 5.74) is 0.792. The minimum absolute atomic E-state index is 0.00769. The predicted molar refractivity (Wildman–Crippen MR) is 76.3 cm³/mol. The fraction of sp³-hybridized carbons (Fsp3) is 0.455. The number of halogens is 1. The Morgan fingerprint density at radius 3 is 2.68 bits per heavy atom. The molecule has 0 bridgehead atoms. The van der Waals surface area contributed by atoms with Gasteiger partial charge in [-0.2, -0.15) is 0 Å². The van der Waals surface area contributed by atoms with Gasteiger partial charge >= 0.3 is 0 Å². The first kappa shape index (κ1) is 14.3. The van der Waals surface area contributed by atoms with Crippen LogP contribution in [0.2, 0.25) is 0 Å². The van der Waals surface area contributed by atoms with Gasteiger partial charge in [0.1, 0.15) is 0 Å². The van der Waals surface area contributed by atoms with Gasteiger partial charge in [-0.15, -0.1) is 0 Å². The van der Waals surface area contributed by atoms with Crippen molar-refractivity contribution in [2.24, 2.45) is 0 Å². The van der Waals surface area contributed by atoms with Gasteiger partial charge in [0.2, 0.25) is 0 Å². The molecule has 1 heterocycles. The number of hydrogen-bond acceptors (Lipinski definition) is 5. The fourth-order valence-electron chi connectivity index (χ4n) is 2.04. The van der Waals surface area contributed by atoms with Crippen LogP contribution in [0.1, 0.15) is 6.92 Å². The Bertz CT molecular complexity index is 617. The molecule has 1 aromatic carbocycles. The lowest BCUT2D eigenvalue weighted by Gasteiger charge is -2.33. The highest BCUT2D eigenvalue weighted by molar-refractivity contribution is 9.10. The van der Waals surface area contributed by atoms with Crippen LogP contribution in [-0.4, -0.2) is 37.4 Å². The monoisotopic (exact) mass is 348 g/mol. The average molecular weight is 349 g/mol. The highest BCUT2D eigenvalue weighted by Crippen LogP contribution is 2.31. The third-order valence-electron chi connectivity index (χ3n) is 3.22. The van der Waals surface area contributed by atoms with Gasteiger partial charge in [-0.25, -0.2) is 8.42 Å². The standard InChI is InChI=1S/C11H13BrN2O4S/c1-8-7-13(4-5-19(8,17)18)11-3-2-9(14(15)16)6-10(11)12/h2-3,6,8H,4-5,7H2,1H3. The first-order valence-electron chi connectivity index (χ1n) is 5.72. The zero-order valence-corrected chi connectivity index (χ0v) is 12.6. The number of hydrogen-bond donors (Lipinski definition) is 0. The largest absolute Gasteiger partial charge is 0.368 e. The molecule has 1 aliphatic rings. The maximum atomic E-state index is 11.7. The normalized spacial score (nSPS) is 22.2. The van der Waals surface area contributed by atoms with Gasteiger partial charge in [0.25, 0.3) is 5.69 Å². The molecule has 1 saturated heterocycles. The van der Waals surface area contributed by atoms with Crippen molar-refractivity contribution < 1.29 is 13.3 Å². The number of non-ortho nitro benzene ring substituents is 1. The second kappa shape index (κ2) is 5.09. The van der Waals surface area contributed by atoms with Gasteiger partial charge in [0.15, 0.2) is 9.84 Å². The molecular formula is C11H13BrN2O4S. The van der Waals surface area contributed by atoms with Crippen molar-refractivity contribution in [2.75, 3.05) is 23.7 Å². The lowest BCUT2D eigenvalue weighted by molar-refractivity contribution is -0.384. The van der Waals surface area contributed by atoms with Gasteiger partial charge in [-0.3, -0.25) is 10.1 Å². The minimum Gasteiger partial charge on any atom is -0.368 e. The Labute approximate surface area is 119 Å². The highest BCUT2D eigenvalue weighted by Gasteiger charge is 2.30. The van der Waals surface area contributed by atoms with Gasteiger partial charge in [-0.1, -0.05) is 0 Å². The van der Waals surface area contributed by atoms with E-state index in [0.29, 0.717) is 17.6 Å². The maximum absolute atomic E-state index is 11.7. The molecule has 1 fully saturated rings. The molecule has 104 valence electrons. The summed E-state index contributed by atoms with van der Waals surface area (Å²) in [4.78, 5) is 12.1. The highest BCUT2D eigenvalue weighted by atomic mass is 79.9. The molecule has 0 aromatic heterocycles. The van der Waals surface area contributed by atoms with Gasteiger partial charge in [-0.05, 0) is 28.9 Å². The SMILES string of the molecule is CC1CN(c2ccc([N+](=O)[O-])cc2Br)CCS1(=O)=O. The molecule has 6 nitrogen and oxygen atoms in total. The molecule has 0 radical (unpaired) electrons. The molecular weight excluding hydrogens is 336 g/mol. The summed E-state index contributed by atoms with van der Waals surface area (Å²) in [6.07, 6.45) is 0. The lowest BCUT2D eigenvalue weighted by Crippen LogP contribution is -2.45. The Morgan fingerprint density at radius 1 is 1.47 bits per heavy atom. The Hall–Kier alpha value is -1.15. The zero-order chi connectivity index (χ0) is 14.2. The van der Waals surface area contributed by atoms with Crippen molar-refractivity contribution in [1.82, 2.24) is 0 Å². The van der Waals surface area contributed by atoms with Crippen LogP contribution >= 0.6 is 15.9 Å². The van der Waals surface area contributed by atoms with E-state index in [1.807, 2.05) is 4.90 Å². The van der Waals surface area contributed by atoms with E-state index in [1.165, 1.54) is 12.1 Å². The molecule has 2 rings (SSSR count). The average Bonchev–Trinajstić information content (AvgIpc) is 2.33. The van der Waals surface area contributed by atoms with E-state index in [0.717, 1.165) is 5.69 Å². The first-order chi connectivity index (χ1) is 8.81. The third kappa shape index (κ3) is 2.89. The summed E-state index contributed by atoms with van der Waals surface area (Å²) >= 11 is 3.30. The molecule has 0 saturated carbocycles. The minimum atomic E-state index is -3.00. The lowest BCUT2D eigenvalue weighted by atomic mass is 10.2. The van der Waals surface area contributed by atoms with E-state index in [4.69, 9.17) is 0 Å². The molecule has 0 N–H and O–H groups in total. The van der Waals surface area contributed by atoms with E-state index in [1.54, 1.807) is 13.0 Å². The van der Waals surface area contributed by atoms with Crippen LogP contribution < -0.4 is 4.90 Å². The third-order valence-corrected chi connectivity index (χ3v) is 5.98. The smallest absolute Gasteiger partial charge is 0.270 e. The quantitative estimate of drug-likeness (QED) is 0.602. The van der Waals surface area contributed by atoms with Crippen LogP contribution in [0, 0.1) is 10.1 Å². The zero-order valence-electron chi connectivity index (χ0n) is 10.2. The molecule has 0 amide bonds. The van der Waals surface area contributed by atoms with Crippen molar-refractivity contribution in [2.45, 2.75) is 12.2 Å². The topological polar surface area (TPSA) is 80.5 Å². The van der Waals surface area contributed by atoms with Gasteiger partial charge in [0, 0.05) is 29.7 Å². The summed E-state index contributed by atoms with van der Waals surface area (Å²) in [5.74, 6) is 0.109. The second-order valence-electron chi connectivity index (χ2n) is 4.52. The van der Waals surface area contributed by atoms with Crippen LogP contribution in [0.4, 0.5) is 11.4 Å². The van der Waals surface area contributed by atoms with Crippen molar-refractivity contribution >= 4 is 37.1 Å². The second-order valence-corrected chi connectivity index (χ2v) is 7.91. The molecule has 8 heteroatoms. The molecule has 1 aliphatic heterocycles. The number of nitro groups is 1. The Morgan fingerprint density at radius 2 is 2.16 bits per heavy atom. The molecule has 0 aliphatic carbocycles. The van der Waals surface area contributed by atoms with Crippen LogP contribution in [0.25, 0.3) is 0 Å². The summed E-state index contributed by atoms with van der Waals surface area (Å²) in [6.45, 7) is 2.49. The first-order valence-corrected chi connectivity index (χ1v) is 8.22. The van der Waals surface area contributed by atoms with E-state index in [-0.39, 0.29) is 11.4 Å². The summed E-state index contributed by atoms with van der Waals surface area (Å²) in [7, 11) is -3.00. The maximum Gasteiger partial charge on any atom is 0.270 e. The number of nitrogens with zero attached hydrogens (tertiary/aromatic N) is 2. The van der Waals surface area contributed by atoms with E-state index < -0.39 is 20.0 Å². The number of benzene rings is 1.